The molecule has 0 aliphatic carbocycles. The molecule has 0 bridgehead atoms. The second kappa shape index (κ2) is 6.29. The average molecular weight is 254 g/mol. The molecule has 0 fully saturated rings. The molecular formula is C13H26N4O. The highest BCUT2D eigenvalue weighted by Crippen LogP contribution is 2.31. The van der Waals surface area contributed by atoms with E-state index in [0.29, 0.717) is 0 Å². The normalized spacial score (nSPS) is 15.7. The molecule has 0 saturated carbocycles. The summed E-state index contributed by atoms with van der Waals surface area (Å²) in [5.74, 6) is 0. The summed E-state index contributed by atoms with van der Waals surface area (Å²) in [6, 6.07) is 0.106. The van der Waals surface area contributed by atoms with E-state index in [0.717, 1.165) is 18.7 Å². The van der Waals surface area contributed by atoms with Gasteiger partial charge in [-0.05, 0) is 18.4 Å². The van der Waals surface area contributed by atoms with Gasteiger partial charge in [0.25, 0.3) is 0 Å². The summed E-state index contributed by atoms with van der Waals surface area (Å²) >= 11 is 0. The van der Waals surface area contributed by atoms with Crippen molar-refractivity contribution in [2.75, 3.05) is 13.7 Å². The van der Waals surface area contributed by atoms with Crippen molar-refractivity contribution in [2.24, 2.45) is 12.5 Å². The van der Waals surface area contributed by atoms with Crippen molar-refractivity contribution in [3.05, 3.63) is 11.9 Å². The Hall–Kier alpha value is -0.940. The Morgan fingerprint density at radius 2 is 2.11 bits per heavy atom. The van der Waals surface area contributed by atoms with Gasteiger partial charge in [0, 0.05) is 14.2 Å². The number of ether oxygens (including phenoxy) is 1. The highest BCUT2D eigenvalue weighted by molar-refractivity contribution is 5.07. The summed E-state index contributed by atoms with van der Waals surface area (Å²) in [7, 11) is 3.68. The van der Waals surface area contributed by atoms with Crippen LogP contribution in [0.5, 0.6) is 0 Å². The van der Waals surface area contributed by atoms with Crippen LogP contribution in [0.3, 0.4) is 0 Å². The topological polar surface area (TPSA) is 52.0 Å². The molecule has 5 nitrogen and oxygen atoms in total. The molecule has 5 heteroatoms. The second-order valence-corrected chi connectivity index (χ2v) is 5.74. The fourth-order valence-electron chi connectivity index (χ4n) is 2.24. The molecule has 2 atom stereocenters. The minimum absolute atomic E-state index is 0.0461. The molecule has 0 aromatic carbocycles. The van der Waals surface area contributed by atoms with Gasteiger partial charge in [-0.25, -0.2) is 0 Å². The molecule has 0 saturated heterocycles. The van der Waals surface area contributed by atoms with Crippen molar-refractivity contribution in [1.29, 1.82) is 0 Å². The Balaban J connectivity index is 3.00. The Bertz CT molecular complexity index is 356. The SMILES string of the molecule is CCCNC(c1cnnn1C)C(OC)C(C)(C)C. The first-order chi connectivity index (χ1) is 8.41. The monoisotopic (exact) mass is 254 g/mol. The van der Waals surface area contributed by atoms with Crippen molar-refractivity contribution >= 4 is 0 Å². The molecule has 1 N–H and O–H groups in total. The summed E-state index contributed by atoms with van der Waals surface area (Å²) in [4.78, 5) is 0. The summed E-state index contributed by atoms with van der Waals surface area (Å²) < 4.78 is 7.53. The number of rotatable bonds is 6. The third-order valence-electron chi connectivity index (χ3n) is 3.09. The van der Waals surface area contributed by atoms with Gasteiger partial charge in [0.15, 0.2) is 0 Å². The lowest BCUT2D eigenvalue weighted by Crippen LogP contribution is -2.42. The molecule has 0 spiro atoms. The highest BCUT2D eigenvalue weighted by Gasteiger charge is 2.34. The maximum Gasteiger partial charge on any atom is 0.0829 e. The first kappa shape index (κ1) is 15.1. The van der Waals surface area contributed by atoms with Crippen LogP contribution in [0.1, 0.15) is 45.9 Å². The zero-order chi connectivity index (χ0) is 13.8. The number of hydrogen-bond acceptors (Lipinski definition) is 4. The maximum atomic E-state index is 5.72. The third-order valence-corrected chi connectivity index (χ3v) is 3.09. The molecule has 2 unspecified atom stereocenters. The summed E-state index contributed by atoms with van der Waals surface area (Å²) in [5, 5.41) is 11.5. The molecule has 18 heavy (non-hydrogen) atoms. The van der Waals surface area contributed by atoms with Gasteiger partial charge in [-0.3, -0.25) is 4.68 Å². The molecule has 104 valence electrons. The predicted octanol–water partition coefficient (Wildman–Crippen LogP) is 1.92. The minimum Gasteiger partial charge on any atom is -0.379 e. The van der Waals surface area contributed by atoms with Gasteiger partial charge in [0.05, 0.1) is 24.0 Å². The van der Waals surface area contributed by atoms with Gasteiger partial charge in [-0.15, -0.1) is 5.10 Å². The van der Waals surface area contributed by atoms with Crippen LogP contribution in [0.4, 0.5) is 0 Å². The molecular weight excluding hydrogens is 228 g/mol. The van der Waals surface area contributed by atoms with Gasteiger partial charge in [-0.1, -0.05) is 32.9 Å². The fraction of sp³-hybridized carbons (Fsp3) is 0.846. The third kappa shape index (κ3) is 3.53. The van der Waals surface area contributed by atoms with Crippen molar-refractivity contribution in [2.45, 2.75) is 46.3 Å². The smallest absolute Gasteiger partial charge is 0.0829 e. The van der Waals surface area contributed by atoms with E-state index < -0.39 is 0 Å². The van der Waals surface area contributed by atoms with E-state index in [9.17, 15) is 0 Å². The van der Waals surface area contributed by atoms with Crippen molar-refractivity contribution in [3.63, 3.8) is 0 Å². The molecule has 0 radical (unpaired) electrons. The lowest BCUT2D eigenvalue weighted by molar-refractivity contribution is -0.0138. The van der Waals surface area contributed by atoms with Gasteiger partial charge >= 0.3 is 0 Å². The van der Waals surface area contributed by atoms with E-state index in [2.05, 4.69) is 43.3 Å². The predicted molar refractivity (Wildman–Crippen MR) is 72.3 cm³/mol. The number of nitrogens with zero attached hydrogens (tertiary/aromatic N) is 3. The number of hydrogen-bond donors (Lipinski definition) is 1. The van der Waals surface area contributed by atoms with Crippen LogP contribution in [0.25, 0.3) is 0 Å². The fourth-order valence-corrected chi connectivity index (χ4v) is 2.24. The first-order valence-corrected chi connectivity index (χ1v) is 6.52. The summed E-state index contributed by atoms with van der Waals surface area (Å²) in [6.07, 6.45) is 2.97. The zero-order valence-electron chi connectivity index (χ0n) is 12.4. The van der Waals surface area contributed by atoms with Crippen LogP contribution in [-0.2, 0) is 11.8 Å². The van der Waals surface area contributed by atoms with Crippen molar-refractivity contribution in [3.8, 4) is 0 Å². The average Bonchev–Trinajstić information content (AvgIpc) is 2.68. The van der Waals surface area contributed by atoms with E-state index in [1.54, 1.807) is 7.11 Å². The van der Waals surface area contributed by atoms with Crippen molar-refractivity contribution < 1.29 is 4.74 Å². The molecule has 1 aromatic rings. The van der Waals surface area contributed by atoms with Gasteiger partial charge in [0.1, 0.15) is 0 Å². The Labute approximate surface area is 110 Å². The molecule has 0 aliphatic rings. The number of aryl methyl sites for hydroxylation is 1. The quantitative estimate of drug-likeness (QED) is 0.842. The van der Waals surface area contributed by atoms with Crippen LogP contribution >= 0.6 is 0 Å². The van der Waals surface area contributed by atoms with Crippen LogP contribution in [-0.4, -0.2) is 34.8 Å². The van der Waals surface area contributed by atoms with E-state index in [4.69, 9.17) is 4.74 Å². The van der Waals surface area contributed by atoms with Crippen LogP contribution in [0.15, 0.2) is 6.20 Å². The largest absolute Gasteiger partial charge is 0.379 e. The minimum atomic E-state index is 0.0461. The van der Waals surface area contributed by atoms with E-state index >= 15 is 0 Å². The summed E-state index contributed by atoms with van der Waals surface area (Å²) in [5.41, 5.74) is 1.11. The van der Waals surface area contributed by atoms with E-state index in [-0.39, 0.29) is 17.6 Å². The number of nitrogens with one attached hydrogen (secondary N) is 1. The van der Waals surface area contributed by atoms with Gasteiger partial charge < -0.3 is 10.1 Å². The van der Waals surface area contributed by atoms with Crippen molar-refractivity contribution in [1.82, 2.24) is 20.3 Å². The highest BCUT2D eigenvalue weighted by atomic mass is 16.5. The van der Waals surface area contributed by atoms with Crippen LogP contribution < -0.4 is 5.32 Å². The Morgan fingerprint density at radius 3 is 2.50 bits per heavy atom. The molecule has 0 aliphatic heterocycles. The molecule has 1 rings (SSSR count). The molecule has 0 amide bonds. The second-order valence-electron chi connectivity index (χ2n) is 5.74. The Kier molecular flexibility index (Phi) is 5.28. The number of methoxy groups -OCH3 is 1. The lowest BCUT2D eigenvalue weighted by atomic mass is 9.83. The first-order valence-electron chi connectivity index (χ1n) is 6.52. The van der Waals surface area contributed by atoms with E-state index in [1.165, 1.54) is 0 Å². The molecule has 1 aromatic heterocycles. The van der Waals surface area contributed by atoms with E-state index in [1.807, 2.05) is 17.9 Å². The van der Waals surface area contributed by atoms with Gasteiger partial charge in [0.2, 0.25) is 0 Å². The molecule has 1 heterocycles. The van der Waals surface area contributed by atoms with Crippen LogP contribution in [0, 0.1) is 5.41 Å². The van der Waals surface area contributed by atoms with Crippen LogP contribution in [0.2, 0.25) is 0 Å². The number of aromatic nitrogens is 3. The zero-order valence-corrected chi connectivity index (χ0v) is 12.4. The summed E-state index contributed by atoms with van der Waals surface area (Å²) in [6.45, 7) is 9.67. The lowest BCUT2D eigenvalue weighted by Gasteiger charge is -2.36. The standard InChI is InChI=1S/C13H26N4O/c1-7-8-14-11(10-9-15-16-17(10)5)12(18-6)13(2,3)4/h9,11-12,14H,7-8H2,1-6H3. The maximum absolute atomic E-state index is 5.72. The Morgan fingerprint density at radius 1 is 1.44 bits per heavy atom. The van der Waals surface area contributed by atoms with Gasteiger partial charge in [-0.2, -0.15) is 0 Å².